The van der Waals surface area contributed by atoms with Crippen LogP contribution in [0.2, 0.25) is 0 Å². The van der Waals surface area contributed by atoms with Crippen molar-refractivity contribution in [2.75, 3.05) is 19.6 Å². The maximum Gasteiger partial charge on any atom is 0.219 e. The molecule has 0 bridgehead atoms. The first-order valence-electron chi connectivity index (χ1n) is 4.27. The van der Waals surface area contributed by atoms with Crippen LogP contribution in [0.3, 0.4) is 0 Å². The average molecular weight is 154 g/mol. The van der Waals surface area contributed by atoms with Gasteiger partial charge >= 0.3 is 0 Å². The Kier molecular flexibility index (Phi) is 1.60. The van der Waals surface area contributed by atoms with Gasteiger partial charge in [-0.25, -0.2) is 0 Å². The summed E-state index contributed by atoms with van der Waals surface area (Å²) in [4.78, 5) is 13.1. The smallest absolute Gasteiger partial charge is 0.219 e. The Morgan fingerprint density at radius 1 is 1.55 bits per heavy atom. The van der Waals surface area contributed by atoms with Crippen LogP contribution in [0.1, 0.15) is 13.3 Å². The zero-order chi connectivity index (χ0) is 7.84. The highest BCUT2D eigenvalue weighted by Crippen LogP contribution is 2.26. The van der Waals surface area contributed by atoms with Crippen molar-refractivity contribution >= 4 is 5.91 Å². The van der Waals surface area contributed by atoms with Crippen LogP contribution in [-0.2, 0) is 4.79 Å². The Labute approximate surface area is 66.8 Å². The highest BCUT2D eigenvalue weighted by atomic mass is 16.2. The summed E-state index contributed by atoms with van der Waals surface area (Å²) in [6, 6.07) is 0.507. The number of nitrogens with zero attached hydrogens (tertiary/aromatic N) is 1. The van der Waals surface area contributed by atoms with E-state index in [0.717, 1.165) is 25.6 Å². The molecule has 3 nitrogen and oxygen atoms in total. The molecule has 62 valence electrons. The number of rotatable bonds is 0. The van der Waals surface area contributed by atoms with Gasteiger partial charge in [-0.15, -0.1) is 0 Å². The van der Waals surface area contributed by atoms with E-state index in [1.54, 1.807) is 6.92 Å². The Morgan fingerprint density at radius 3 is 3.09 bits per heavy atom. The minimum atomic E-state index is 0.237. The largest absolute Gasteiger partial charge is 0.338 e. The van der Waals surface area contributed by atoms with E-state index in [1.165, 1.54) is 6.42 Å². The second-order valence-electron chi connectivity index (χ2n) is 3.49. The summed E-state index contributed by atoms with van der Waals surface area (Å²) in [7, 11) is 0. The van der Waals surface area contributed by atoms with Crippen LogP contribution in [0.4, 0.5) is 0 Å². The third-order valence-electron chi connectivity index (χ3n) is 2.85. The van der Waals surface area contributed by atoms with Gasteiger partial charge in [0.25, 0.3) is 0 Å². The van der Waals surface area contributed by atoms with Crippen LogP contribution in [0.25, 0.3) is 0 Å². The molecule has 2 aliphatic rings. The van der Waals surface area contributed by atoms with Gasteiger partial charge in [-0.1, -0.05) is 0 Å². The van der Waals surface area contributed by atoms with Crippen molar-refractivity contribution in [3.63, 3.8) is 0 Å². The minimum Gasteiger partial charge on any atom is -0.338 e. The van der Waals surface area contributed by atoms with Crippen molar-refractivity contribution in [3.8, 4) is 0 Å². The lowest BCUT2D eigenvalue weighted by atomic mass is 10.1. The molecule has 2 rings (SSSR count). The summed E-state index contributed by atoms with van der Waals surface area (Å²) < 4.78 is 0. The molecule has 1 amide bonds. The lowest BCUT2D eigenvalue weighted by Gasteiger charge is -2.21. The van der Waals surface area contributed by atoms with E-state index < -0.39 is 0 Å². The van der Waals surface area contributed by atoms with E-state index in [2.05, 4.69) is 5.32 Å². The maximum absolute atomic E-state index is 11.1. The summed E-state index contributed by atoms with van der Waals surface area (Å²) in [5, 5.41) is 3.32. The molecule has 0 unspecified atom stereocenters. The summed E-state index contributed by atoms with van der Waals surface area (Å²) in [6.45, 7) is 4.76. The minimum absolute atomic E-state index is 0.237. The second kappa shape index (κ2) is 2.48. The van der Waals surface area contributed by atoms with E-state index in [9.17, 15) is 4.79 Å². The molecular formula is C8H14N2O. The number of carbonyl (C=O) groups is 1. The first-order chi connectivity index (χ1) is 5.29. The Balaban J connectivity index is 2.08. The molecule has 2 atom stereocenters. The molecule has 2 aliphatic heterocycles. The number of amides is 1. The molecule has 2 fully saturated rings. The van der Waals surface area contributed by atoms with E-state index in [4.69, 9.17) is 0 Å². The fourth-order valence-corrected chi connectivity index (χ4v) is 2.24. The fourth-order valence-electron chi connectivity index (χ4n) is 2.24. The number of likely N-dealkylation sites (tertiary alicyclic amines) is 1. The fraction of sp³-hybridized carbons (Fsp3) is 0.875. The van der Waals surface area contributed by atoms with Gasteiger partial charge in [0.05, 0.1) is 0 Å². The average Bonchev–Trinajstić information content (AvgIpc) is 2.41. The molecule has 0 aromatic heterocycles. The highest BCUT2D eigenvalue weighted by Gasteiger charge is 2.38. The zero-order valence-corrected chi connectivity index (χ0v) is 6.84. The Bertz CT molecular complexity index is 181. The quantitative estimate of drug-likeness (QED) is 0.525. The van der Waals surface area contributed by atoms with Gasteiger partial charge in [-0.2, -0.15) is 0 Å². The molecule has 0 spiro atoms. The predicted molar refractivity (Wildman–Crippen MR) is 42.2 cm³/mol. The van der Waals surface area contributed by atoms with Crippen LogP contribution in [-0.4, -0.2) is 36.5 Å². The highest BCUT2D eigenvalue weighted by molar-refractivity contribution is 5.74. The molecular weight excluding hydrogens is 140 g/mol. The zero-order valence-electron chi connectivity index (χ0n) is 6.84. The van der Waals surface area contributed by atoms with Crippen LogP contribution >= 0.6 is 0 Å². The second-order valence-corrected chi connectivity index (χ2v) is 3.49. The van der Waals surface area contributed by atoms with Gasteiger partial charge in [0.2, 0.25) is 5.91 Å². The first kappa shape index (κ1) is 7.10. The maximum atomic E-state index is 11.1. The number of nitrogens with one attached hydrogen (secondary N) is 1. The van der Waals surface area contributed by atoms with Crippen molar-refractivity contribution in [2.24, 2.45) is 5.92 Å². The molecule has 11 heavy (non-hydrogen) atoms. The van der Waals surface area contributed by atoms with Crippen molar-refractivity contribution in [1.82, 2.24) is 10.2 Å². The third kappa shape index (κ3) is 1.03. The van der Waals surface area contributed by atoms with Crippen LogP contribution in [0.5, 0.6) is 0 Å². The molecule has 0 aromatic carbocycles. The molecule has 0 aromatic rings. The molecule has 2 heterocycles. The topological polar surface area (TPSA) is 32.3 Å². The molecule has 0 radical (unpaired) electrons. The third-order valence-corrected chi connectivity index (χ3v) is 2.85. The molecule has 3 heteroatoms. The summed E-state index contributed by atoms with van der Waals surface area (Å²) in [6.07, 6.45) is 1.19. The Hall–Kier alpha value is -0.570. The lowest BCUT2D eigenvalue weighted by molar-refractivity contribution is -0.129. The molecule has 1 N–H and O–H groups in total. The first-order valence-corrected chi connectivity index (χ1v) is 4.27. The van der Waals surface area contributed by atoms with E-state index in [1.807, 2.05) is 4.90 Å². The standard InChI is InChI=1S/C8H14N2O/c1-6(11)10-3-2-7-4-9-5-8(7)10/h7-9H,2-5H2,1H3/t7-,8+/m0/s1. The van der Waals surface area contributed by atoms with Crippen LogP contribution in [0.15, 0.2) is 0 Å². The van der Waals surface area contributed by atoms with Crippen molar-refractivity contribution in [2.45, 2.75) is 19.4 Å². The van der Waals surface area contributed by atoms with Gasteiger partial charge < -0.3 is 10.2 Å². The number of hydrogen-bond donors (Lipinski definition) is 1. The van der Waals surface area contributed by atoms with Gasteiger partial charge in [-0.05, 0) is 12.3 Å². The summed E-state index contributed by atoms with van der Waals surface area (Å²) >= 11 is 0. The SMILES string of the molecule is CC(=O)N1CC[C@H]2CNC[C@H]21. The van der Waals surface area contributed by atoms with Crippen LogP contribution < -0.4 is 5.32 Å². The van der Waals surface area contributed by atoms with Gasteiger partial charge in [0, 0.05) is 32.6 Å². The van der Waals surface area contributed by atoms with Crippen LogP contribution in [0, 0.1) is 5.92 Å². The predicted octanol–water partition coefficient (Wildman–Crippen LogP) is -0.173. The monoisotopic (exact) mass is 154 g/mol. The van der Waals surface area contributed by atoms with Crippen molar-refractivity contribution < 1.29 is 4.79 Å². The van der Waals surface area contributed by atoms with E-state index in [-0.39, 0.29) is 5.91 Å². The van der Waals surface area contributed by atoms with Gasteiger partial charge in [-0.3, -0.25) is 4.79 Å². The molecule has 0 aliphatic carbocycles. The van der Waals surface area contributed by atoms with E-state index >= 15 is 0 Å². The summed E-state index contributed by atoms with van der Waals surface area (Å²) in [5.41, 5.74) is 0. The normalized spacial score (nSPS) is 35.9. The number of hydrogen-bond acceptors (Lipinski definition) is 2. The van der Waals surface area contributed by atoms with Crippen molar-refractivity contribution in [1.29, 1.82) is 0 Å². The van der Waals surface area contributed by atoms with E-state index in [0.29, 0.717) is 6.04 Å². The molecule has 2 saturated heterocycles. The number of fused-ring (bicyclic) bond motifs is 1. The molecule has 0 saturated carbocycles. The van der Waals surface area contributed by atoms with Crippen molar-refractivity contribution in [3.05, 3.63) is 0 Å². The number of carbonyl (C=O) groups excluding carboxylic acids is 1. The summed E-state index contributed by atoms with van der Waals surface area (Å²) in [5.74, 6) is 0.972. The van der Waals surface area contributed by atoms with Gasteiger partial charge in [0.1, 0.15) is 0 Å². The lowest BCUT2D eigenvalue weighted by Crippen LogP contribution is -2.37. The Morgan fingerprint density at radius 2 is 2.36 bits per heavy atom. The van der Waals surface area contributed by atoms with Gasteiger partial charge in [0.15, 0.2) is 0 Å².